The van der Waals surface area contributed by atoms with E-state index in [0.29, 0.717) is 13.2 Å². The number of aromatic nitrogens is 3. The van der Waals surface area contributed by atoms with Crippen LogP contribution in [-0.4, -0.2) is 64.6 Å². The van der Waals surface area contributed by atoms with Crippen molar-refractivity contribution in [3.8, 4) is 11.4 Å². The maximum absolute atomic E-state index is 11.9. The molecule has 4 heterocycles. The molecular weight excluding hydrogens is 378 g/mol. The van der Waals surface area contributed by atoms with Crippen LogP contribution in [0.1, 0.15) is 43.1 Å². The average molecular weight is 406 g/mol. The van der Waals surface area contributed by atoms with Crippen molar-refractivity contribution in [2.75, 3.05) is 37.7 Å². The second-order valence-corrected chi connectivity index (χ2v) is 8.37. The molecule has 2 atom stereocenters. The number of carbonyl (C=O) groups is 1. The second-order valence-electron chi connectivity index (χ2n) is 8.37. The summed E-state index contributed by atoms with van der Waals surface area (Å²) in [6.07, 6.45) is 7.89. The first-order valence-electron chi connectivity index (χ1n) is 10.7. The lowest BCUT2D eigenvalue weighted by Crippen LogP contribution is -2.44. The van der Waals surface area contributed by atoms with Crippen molar-refractivity contribution in [3.63, 3.8) is 0 Å². The minimum atomic E-state index is 0.130. The number of ether oxygens (including phenoxy) is 1. The number of anilines is 1. The summed E-state index contributed by atoms with van der Waals surface area (Å²) in [5.74, 6) is 2.05. The Morgan fingerprint density at radius 3 is 2.97 bits per heavy atom. The summed E-state index contributed by atoms with van der Waals surface area (Å²) in [5, 5.41) is 0. The summed E-state index contributed by atoms with van der Waals surface area (Å²) < 4.78 is 5.63. The van der Waals surface area contributed by atoms with Crippen molar-refractivity contribution < 1.29 is 9.53 Å². The van der Waals surface area contributed by atoms with Gasteiger partial charge in [-0.3, -0.25) is 9.78 Å². The van der Waals surface area contributed by atoms with Crippen molar-refractivity contribution in [2.24, 2.45) is 0 Å². The maximum Gasteiger partial charge on any atom is 0.219 e. The number of likely N-dealkylation sites (tertiary alicyclic amines) is 1. The number of fused-ring (bicyclic) bond motifs is 1. The first-order valence-corrected chi connectivity index (χ1v) is 10.7. The second kappa shape index (κ2) is 7.80. The van der Waals surface area contributed by atoms with E-state index in [1.807, 2.05) is 17.2 Å². The summed E-state index contributed by atoms with van der Waals surface area (Å²) in [6.45, 7) is 7.53. The van der Waals surface area contributed by atoms with Gasteiger partial charge in [0.15, 0.2) is 5.82 Å². The van der Waals surface area contributed by atoms with Crippen LogP contribution >= 0.6 is 0 Å². The van der Waals surface area contributed by atoms with E-state index in [1.165, 1.54) is 0 Å². The SMILES string of the molecule is CC(=O)N1CC[C@@H](c2cc(N3CCOC[C@H]3C)nc(-c3ccnc4c3C=CC4)n2)C1. The Labute approximate surface area is 176 Å². The topological polar surface area (TPSA) is 71.5 Å². The molecule has 7 nitrogen and oxygen atoms in total. The highest BCUT2D eigenvalue weighted by Gasteiger charge is 2.29. The van der Waals surface area contributed by atoms with Crippen molar-refractivity contribution in [2.45, 2.75) is 38.6 Å². The summed E-state index contributed by atoms with van der Waals surface area (Å²) in [5.41, 5.74) is 4.24. The highest BCUT2D eigenvalue weighted by atomic mass is 16.5. The van der Waals surface area contributed by atoms with Gasteiger partial charge >= 0.3 is 0 Å². The Bertz CT molecular complexity index is 1010. The number of carbonyl (C=O) groups excluding carboxylic acids is 1. The van der Waals surface area contributed by atoms with Crippen molar-refractivity contribution in [1.82, 2.24) is 19.9 Å². The van der Waals surface area contributed by atoms with Crippen LogP contribution in [0.5, 0.6) is 0 Å². The quantitative estimate of drug-likeness (QED) is 0.782. The molecule has 0 N–H and O–H groups in total. The molecule has 0 aromatic carbocycles. The molecule has 5 rings (SSSR count). The van der Waals surface area contributed by atoms with Crippen LogP contribution in [0.2, 0.25) is 0 Å². The number of morpholine rings is 1. The van der Waals surface area contributed by atoms with Gasteiger partial charge in [0.25, 0.3) is 0 Å². The molecule has 0 spiro atoms. The molecule has 2 aromatic heterocycles. The zero-order valence-corrected chi connectivity index (χ0v) is 17.5. The fraction of sp³-hybridized carbons (Fsp3) is 0.478. The Kier molecular flexibility index (Phi) is 4.98. The van der Waals surface area contributed by atoms with E-state index in [9.17, 15) is 4.79 Å². The molecule has 2 saturated heterocycles. The van der Waals surface area contributed by atoms with E-state index in [4.69, 9.17) is 14.7 Å². The summed E-state index contributed by atoms with van der Waals surface area (Å²) in [6, 6.07) is 4.39. The molecule has 30 heavy (non-hydrogen) atoms. The Hall–Kier alpha value is -2.80. The van der Waals surface area contributed by atoms with E-state index >= 15 is 0 Å². The molecular formula is C23H27N5O2. The van der Waals surface area contributed by atoms with Crippen molar-refractivity contribution >= 4 is 17.8 Å². The number of amides is 1. The third-order valence-electron chi connectivity index (χ3n) is 6.36. The van der Waals surface area contributed by atoms with Crippen LogP contribution in [0.3, 0.4) is 0 Å². The fourth-order valence-corrected chi connectivity index (χ4v) is 4.63. The van der Waals surface area contributed by atoms with Gasteiger partial charge in [-0.25, -0.2) is 9.97 Å². The molecule has 2 fully saturated rings. The third-order valence-corrected chi connectivity index (χ3v) is 6.36. The normalized spacial score (nSPS) is 23.1. The van der Waals surface area contributed by atoms with E-state index in [2.05, 4.69) is 35.0 Å². The Morgan fingerprint density at radius 1 is 1.27 bits per heavy atom. The number of hydrogen-bond donors (Lipinski definition) is 0. The molecule has 2 aromatic rings. The van der Waals surface area contributed by atoms with Crippen LogP contribution in [0.4, 0.5) is 5.82 Å². The van der Waals surface area contributed by atoms with Gasteiger partial charge in [-0.1, -0.05) is 12.2 Å². The lowest BCUT2D eigenvalue weighted by Gasteiger charge is -2.34. The monoisotopic (exact) mass is 405 g/mol. The third kappa shape index (κ3) is 3.47. The van der Waals surface area contributed by atoms with Gasteiger partial charge in [0.2, 0.25) is 5.91 Å². The van der Waals surface area contributed by atoms with Gasteiger partial charge in [-0.15, -0.1) is 0 Å². The summed E-state index contributed by atoms with van der Waals surface area (Å²) >= 11 is 0. The molecule has 0 bridgehead atoms. The highest BCUT2D eigenvalue weighted by molar-refractivity contribution is 5.76. The predicted molar refractivity (Wildman–Crippen MR) is 115 cm³/mol. The van der Waals surface area contributed by atoms with Gasteiger partial charge in [0, 0.05) is 62.3 Å². The Balaban J connectivity index is 1.58. The van der Waals surface area contributed by atoms with Gasteiger partial charge < -0.3 is 14.5 Å². The molecule has 0 unspecified atom stereocenters. The zero-order valence-electron chi connectivity index (χ0n) is 17.5. The molecule has 1 amide bonds. The van der Waals surface area contributed by atoms with Crippen LogP contribution in [0.25, 0.3) is 17.5 Å². The summed E-state index contributed by atoms with van der Waals surface area (Å²) in [7, 11) is 0. The molecule has 156 valence electrons. The smallest absolute Gasteiger partial charge is 0.219 e. The van der Waals surface area contributed by atoms with Crippen LogP contribution in [-0.2, 0) is 16.0 Å². The first kappa shape index (κ1) is 19.2. The molecule has 3 aliphatic rings. The minimum absolute atomic E-state index is 0.130. The number of hydrogen-bond acceptors (Lipinski definition) is 6. The number of rotatable bonds is 3. The van der Waals surface area contributed by atoms with Crippen molar-refractivity contribution in [1.29, 1.82) is 0 Å². The Morgan fingerprint density at radius 2 is 2.17 bits per heavy atom. The van der Waals surface area contributed by atoms with Crippen molar-refractivity contribution in [3.05, 3.63) is 41.4 Å². The maximum atomic E-state index is 11.9. The molecule has 0 saturated carbocycles. The van der Waals surface area contributed by atoms with Gasteiger partial charge in [0.05, 0.1) is 30.6 Å². The van der Waals surface area contributed by atoms with E-state index in [0.717, 1.165) is 66.6 Å². The lowest BCUT2D eigenvalue weighted by atomic mass is 10.0. The predicted octanol–water partition coefficient (Wildman–Crippen LogP) is 2.67. The first-order chi connectivity index (χ1) is 14.6. The molecule has 0 radical (unpaired) electrons. The zero-order chi connectivity index (χ0) is 20.7. The van der Waals surface area contributed by atoms with E-state index in [-0.39, 0.29) is 17.9 Å². The van der Waals surface area contributed by atoms with Crippen LogP contribution in [0, 0.1) is 0 Å². The van der Waals surface area contributed by atoms with E-state index in [1.54, 1.807) is 6.92 Å². The fourth-order valence-electron chi connectivity index (χ4n) is 4.63. The minimum Gasteiger partial charge on any atom is -0.377 e. The standard InChI is InChI=1S/C23H27N5O2/c1-15-14-30-11-10-28(15)22-12-21(17-7-9-27(13-17)16(2)29)25-23(26-22)19-6-8-24-20-5-3-4-18(19)20/h3-4,6,8,12,15,17H,5,7,9-11,13-14H2,1-2H3/t15-,17-/m1/s1. The molecule has 1 aliphatic carbocycles. The van der Waals surface area contributed by atoms with Gasteiger partial charge in [0.1, 0.15) is 5.82 Å². The van der Waals surface area contributed by atoms with Crippen LogP contribution < -0.4 is 4.90 Å². The summed E-state index contributed by atoms with van der Waals surface area (Å²) in [4.78, 5) is 30.6. The lowest BCUT2D eigenvalue weighted by molar-refractivity contribution is -0.127. The number of pyridine rings is 1. The molecule has 7 heteroatoms. The van der Waals surface area contributed by atoms with Crippen LogP contribution in [0.15, 0.2) is 24.4 Å². The highest BCUT2D eigenvalue weighted by Crippen LogP contribution is 2.33. The number of nitrogens with zero attached hydrogens (tertiary/aromatic N) is 5. The molecule has 2 aliphatic heterocycles. The largest absolute Gasteiger partial charge is 0.377 e. The van der Waals surface area contributed by atoms with Gasteiger partial charge in [-0.05, 0) is 19.4 Å². The van der Waals surface area contributed by atoms with E-state index < -0.39 is 0 Å². The number of allylic oxidation sites excluding steroid dienone is 1. The average Bonchev–Trinajstić information content (AvgIpc) is 3.43. The van der Waals surface area contributed by atoms with Gasteiger partial charge in [-0.2, -0.15) is 0 Å².